The number of nitrogens with zero attached hydrogens (tertiary/aromatic N) is 3. The minimum atomic E-state index is -4.51. The summed E-state index contributed by atoms with van der Waals surface area (Å²) in [5, 5.41) is 8.30. The van der Waals surface area contributed by atoms with Gasteiger partial charge in [-0.2, -0.15) is 18.3 Å². The zero-order chi connectivity index (χ0) is 20.9. The summed E-state index contributed by atoms with van der Waals surface area (Å²) >= 11 is 0. The molecule has 8 heteroatoms. The van der Waals surface area contributed by atoms with Crippen LogP contribution in [-0.2, 0) is 6.18 Å². The molecule has 5 rings (SSSR count). The van der Waals surface area contributed by atoms with E-state index in [0.29, 0.717) is 11.6 Å². The Kier molecular flexibility index (Phi) is 4.30. The normalized spacial score (nSPS) is 19.8. The van der Waals surface area contributed by atoms with Crippen LogP contribution >= 0.6 is 0 Å². The Bertz CT molecular complexity index is 1170. The number of aliphatic imine (C=N–C) groups is 1. The van der Waals surface area contributed by atoms with Crippen molar-refractivity contribution < 1.29 is 13.2 Å². The van der Waals surface area contributed by atoms with Crippen LogP contribution < -0.4 is 10.6 Å². The SMILES string of the molecule is NC1=C2CCCCC2N(c2n[nH]c3ccccc23)C(c2ccccc2C(F)(F)F)=N1. The summed E-state index contributed by atoms with van der Waals surface area (Å²) in [7, 11) is 0. The van der Waals surface area contributed by atoms with Gasteiger partial charge in [0.1, 0.15) is 11.7 Å². The average Bonchev–Trinajstić information content (AvgIpc) is 3.17. The number of benzene rings is 2. The molecular formula is C22H20F3N5. The topological polar surface area (TPSA) is 70.3 Å². The summed E-state index contributed by atoms with van der Waals surface area (Å²) in [6, 6.07) is 12.9. The highest BCUT2D eigenvalue weighted by molar-refractivity contribution is 6.15. The maximum Gasteiger partial charge on any atom is 0.417 e. The Balaban J connectivity index is 1.76. The molecule has 3 N–H and O–H groups in total. The number of nitrogens with one attached hydrogen (secondary N) is 1. The number of anilines is 1. The molecule has 0 spiro atoms. The van der Waals surface area contributed by atoms with Crippen LogP contribution in [0.15, 0.2) is 64.9 Å². The Hall–Kier alpha value is -3.29. The zero-order valence-corrected chi connectivity index (χ0v) is 16.1. The first-order valence-electron chi connectivity index (χ1n) is 9.91. The van der Waals surface area contributed by atoms with Crippen LogP contribution in [0.2, 0.25) is 0 Å². The minimum absolute atomic E-state index is 0.00431. The van der Waals surface area contributed by atoms with Crippen LogP contribution in [0.25, 0.3) is 10.9 Å². The predicted octanol–water partition coefficient (Wildman–Crippen LogP) is 4.96. The number of para-hydroxylation sites is 1. The maximum absolute atomic E-state index is 13.8. The number of rotatable bonds is 2. The van der Waals surface area contributed by atoms with Crippen LogP contribution in [0, 0.1) is 0 Å². The number of fused-ring (bicyclic) bond motifs is 2. The molecule has 1 fully saturated rings. The van der Waals surface area contributed by atoms with Gasteiger partial charge in [0.05, 0.1) is 17.1 Å². The van der Waals surface area contributed by atoms with Crippen LogP contribution in [0.3, 0.4) is 0 Å². The third-order valence-corrected chi connectivity index (χ3v) is 5.82. The van der Waals surface area contributed by atoms with Gasteiger partial charge < -0.3 is 10.6 Å². The zero-order valence-electron chi connectivity index (χ0n) is 16.1. The van der Waals surface area contributed by atoms with Crippen LogP contribution in [0.4, 0.5) is 19.0 Å². The van der Waals surface area contributed by atoms with Gasteiger partial charge in [0, 0.05) is 10.9 Å². The third kappa shape index (κ3) is 2.94. The number of H-pyrrole nitrogens is 1. The highest BCUT2D eigenvalue weighted by atomic mass is 19.4. The third-order valence-electron chi connectivity index (χ3n) is 5.82. The summed E-state index contributed by atoms with van der Waals surface area (Å²) in [6.45, 7) is 0. The first-order valence-corrected chi connectivity index (χ1v) is 9.91. The molecule has 5 nitrogen and oxygen atoms in total. The lowest BCUT2D eigenvalue weighted by Gasteiger charge is -2.40. The Morgan fingerprint density at radius 2 is 1.80 bits per heavy atom. The van der Waals surface area contributed by atoms with Gasteiger partial charge in [-0.25, -0.2) is 4.99 Å². The standard InChI is InChI=1S/C22H20F3N5/c23-22(24,25)16-10-4-1-7-13(16)20-27-19(26)15-9-3-6-12-18(15)30(20)21-14-8-2-5-11-17(14)28-29-21/h1-2,4-5,7-8,10-11,18H,3,6,9,12,26H2,(H,28,29). The molecule has 2 heterocycles. The van der Waals surface area contributed by atoms with E-state index in [1.54, 1.807) is 6.07 Å². The molecule has 3 aromatic rings. The molecule has 1 aromatic heterocycles. The van der Waals surface area contributed by atoms with Gasteiger partial charge in [0.2, 0.25) is 0 Å². The van der Waals surface area contributed by atoms with Crippen molar-refractivity contribution in [3.05, 3.63) is 71.1 Å². The molecule has 0 radical (unpaired) electrons. The molecular weight excluding hydrogens is 391 g/mol. The van der Waals surface area contributed by atoms with E-state index in [4.69, 9.17) is 5.73 Å². The first-order chi connectivity index (χ1) is 14.4. The minimum Gasteiger partial charge on any atom is -0.384 e. The molecule has 30 heavy (non-hydrogen) atoms. The Labute approximate surface area is 171 Å². The van der Waals surface area contributed by atoms with E-state index in [2.05, 4.69) is 15.2 Å². The molecule has 1 atom stereocenters. The lowest BCUT2D eigenvalue weighted by Crippen LogP contribution is -2.47. The van der Waals surface area contributed by atoms with E-state index in [0.717, 1.165) is 48.2 Å². The van der Waals surface area contributed by atoms with Gasteiger partial charge in [0.15, 0.2) is 5.82 Å². The number of aromatic amines is 1. The highest BCUT2D eigenvalue weighted by Crippen LogP contribution is 2.40. The van der Waals surface area contributed by atoms with E-state index in [9.17, 15) is 13.2 Å². The molecule has 1 unspecified atom stereocenters. The fourth-order valence-corrected chi connectivity index (χ4v) is 4.46. The fraction of sp³-hybridized carbons (Fsp3) is 0.273. The number of amidine groups is 1. The Morgan fingerprint density at radius 3 is 2.63 bits per heavy atom. The molecule has 1 aliphatic carbocycles. The van der Waals surface area contributed by atoms with E-state index >= 15 is 0 Å². The van der Waals surface area contributed by atoms with Crippen LogP contribution in [0.1, 0.15) is 36.8 Å². The highest BCUT2D eigenvalue weighted by Gasteiger charge is 2.40. The van der Waals surface area contributed by atoms with E-state index < -0.39 is 11.7 Å². The van der Waals surface area contributed by atoms with E-state index in [-0.39, 0.29) is 17.4 Å². The summed E-state index contributed by atoms with van der Waals surface area (Å²) < 4.78 is 41.5. The smallest absolute Gasteiger partial charge is 0.384 e. The molecule has 2 aliphatic rings. The molecule has 0 bridgehead atoms. The van der Waals surface area contributed by atoms with Gasteiger partial charge in [-0.1, -0.05) is 36.8 Å². The van der Waals surface area contributed by atoms with Gasteiger partial charge in [-0.15, -0.1) is 0 Å². The number of nitrogens with two attached hydrogens (primary N) is 1. The number of aromatic nitrogens is 2. The second-order valence-corrected chi connectivity index (χ2v) is 7.61. The summed E-state index contributed by atoms with van der Waals surface area (Å²) in [6.07, 6.45) is -0.985. The first kappa shape index (κ1) is 18.7. The van der Waals surface area contributed by atoms with Crippen molar-refractivity contribution >= 4 is 22.6 Å². The van der Waals surface area contributed by atoms with E-state index in [1.165, 1.54) is 12.1 Å². The van der Waals surface area contributed by atoms with Crippen molar-refractivity contribution in [2.24, 2.45) is 10.7 Å². The molecule has 154 valence electrons. The molecule has 0 amide bonds. The van der Waals surface area contributed by atoms with Crippen molar-refractivity contribution in [1.29, 1.82) is 0 Å². The lowest BCUT2D eigenvalue weighted by molar-refractivity contribution is -0.137. The van der Waals surface area contributed by atoms with Gasteiger partial charge in [-0.3, -0.25) is 5.10 Å². The second-order valence-electron chi connectivity index (χ2n) is 7.61. The monoisotopic (exact) mass is 411 g/mol. The van der Waals surface area contributed by atoms with E-state index in [1.807, 2.05) is 29.2 Å². The lowest BCUT2D eigenvalue weighted by atomic mass is 9.86. The molecule has 0 saturated heterocycles. The fourth-order valence-electron chi connectivity index (χ4n) is 4.46. The summed E-state index contributed by atoms with van der Waals surface area (Å²) in [4.78, 5) is 6.34. The maximum atomic E-state index is 13.8. The molecule has 1 saturated carbocycles. The molecule has 2 aromatic carbocycles. The van der Waals surface area contributed by atoms with Crippen molar-refractivity contribution in [2.75, 3.05) is 4.90 Å². The number of halogens is 3. The largest absolute Gasteiger partial charge is 0.417 e. The van der Waals surface area contributed by atoms with Crippen LogP contribution in [0.5, 0.6) is 0 Å². The van der Waals surface area contributed by atoms with Gasteiger partial charge in [-0.05, 0) is 43.0 Å². The van der Waals surface area contributed by atoms with Crippen LogP contribution in [-0.4, -0.2) is 22.1 Å². The van der Waals surface area contributed by atoms with Crippen molar-refractivity contribution in [2.45, 2.75) is 37.9 Å². The number of hydrogen-bond acceptors (Lipinski definition) is 4. The quantitative estimate of drug-likeness (QED) is 0.626. The summed E-state index contributed by atoms with van der Waals surface area (Å²) in [5.41, 5.74) is 7.32. The predicted molar refractivity (Wildman–Crippen MR) is 110 cm³/mol. The molecule has 1 aliphatic heterocycles. The average molecular weight is 411 g/mol. The van der Waals surface area contributed by atoms with Gasteiger partial charge in [0.25, 0.3) is 0 Å². The number of hydrogen-bond donors (Lipinski definition) is 2. The second kappa shape index (κ2) is 6.90. The van der Waals surface area contributed by atoms with Gasteiger partial charge >= 0.3 is 6.18 Å². The Morgan fingerprint density at radius 1 is 1.03 bits per heavy atom. The summed E-state index contributed by atoms with van der Waals surface area (Å²) in [5.74, 6) is 1.08. The number of alkyl halides is 3. The van der Waals surface area contributed by atoms with Crippen molar-refractivity contribution in [1.82, 2.24) is 10.2 Å². The van der Waals surface area contributed by atoms with Crippen molar-refractivity contribution in [3.8, 4) is 0 Å². The van der Waals surface area contributed by atoms with Crippen molar-refractivity contribution in [3.63, 3.8) is 0 Å².